The van der Waals surface area contributed by atoms with Crippen molar-refractivity contribution in [3.05, 3.63) is 67.9 Å². The van der Waals surface area contributed by atoms with Gasteiger partial charge in [-0.3, -0.25) is 0 Å². The summed E-state index contributed by atoms with van der Waals surface area (Å²) in [6, 6.07) is 8.98. The van der Waals surface area contributed by atoms with Crippen LogP contribution in [0.5, 0.6) is 0 Å². The lowest BCUT2D eigenvalue weighted by Gasteiger charge is -2.19. The van der Waals surface area contributed by atoms with Crippen LogP contribution in [0, 0.1) is 19.7 Å². The van der Waals surface area contributed by atoms with Crippen LogP contribution in [0.4, 0.5) is 4.39 Å². The molecule has 0 aliphatic carbocycles. The summed E-state index contributed by atoms with van der Waals surface area (Å²) in [5.41, 5.74) is 3.97. The van der Waals surface area contributed by atoms with Crippen molar-refractivity contribution in [1.29, 1.82) is 0 Å². The molecule has 0 saturated heterocycles. The first-order chi connectivity index (χ1) is 9.43. The van der Waals surface area contributed by atoms with Crippen LogP contribution in [-0.4, -0.2) is 7.05 Å². The summed E-state index contributed by atoms with van der Waals surface area (Å²) in [5, 5.41) is 3.66. The smallest absolute Gasteiger partial charge is 0.129 e. The summed E-state index contributed by atoms with van der Waals surface area (Å²) < 4.78 is 14.8. The van der Waals surface area contributed by atoms with E-state index in [0.29, 0.717) is 15.1 Å². The normalized spacial score (nSPS) is 12.5. The second-order valence-corrected chi connectivity index (χ2v) is 6.11. The van der Waals surface area contributed by atoms with Crippen LogP contribution in [-0.2, 0) is 0 Å². The Kier molecular flexibility index (Phi) is 4.84. The molecule has 0 aromatic heterocycles. The molecular formula is C16H16BrClFN. The van der Waals surface area contributed by atoms with Crippen LogP contribution >= 0.6 is 27.5 Å². The van der Waals surface area contributed by atoms with Crippen molar-refractivity contribution in [3.63, 3.8) is 0 Å². The number of halogens is 3. The molecule has 1 nitrogen and oxygen atoms in total. The zero-order valence-electron chi connectivity index (χ0n) is 11.6. The first-order valence-electron chi connectivity index (χ1n) is 6.33. The van der Waals surface area contributed by atoms with Crippen molar-refractivity contribution in [2.45, 2.75) is 19.9 Å². The lowest BCUT2D eigenvalue weighted by Crippen LogP contribution is -2.19. The number of hydrogen-bond donors (Lipinski definition) is 1. The third kappa shape index (κ3) is 3.05. The third-order valence-corrected chi connectivity index (χ3v) is 4.70. The van der Waals surface area contributed by atoms with E-state index >= 15 is 0 Å². The highest BCUT2D eigenvalue weighted by Crippen LogP contribution is 2.32. The van der Waals surface area contributed by atoms with Gasteiger partial charge in [-0.2, -0.15) is 0 Å². The Morgan fingerprint density at radius 3 is 2.45 bits per heavy atom. The number of hydrogen-bond acceptors (Lipinski definition) is 1. The zero-order valence-corrected chi connectivity index (χ0v) is 13.9. The van der Waals surface area contributed by atoms with Gasteiger partial charge in [-0.25, -0.2) is 4.39 Å². The summed E-state index contributed by atoms with van der Waals surface area (Å²) in [4.78, 5) is 0. The van der Waals surface area contributed by atoms with Crippen molar-refractivity contribution in [3.8, 4) is 0 Å². The monoisotopic (exact) mass is 355 g/mol. The standard InChI is InChI=1S/C16H16BrClFN/c1-9-4-5-11(6-10(9)2)16(20-3)12-7-14(18)13(17)8-15(12)19/h4-8,16,20H,1-3H3. The molecule has 0 saturated carbocycles. The van der Waals surface area contributed by atoms with E-state index in [2.05, 4.69) is 41.2 Å². The van der Waals surface area contributed by atoms with Gasteiger partial charge in [0.15, 0.2) is 0 Å². The Morgan fingerprint density at radius 1 is 1.15 bits per heavy atom. The van der Waals surface area contributed by atoms with Crippen LogP contribution < -0.4 is 5.32 Å². The van der Waals surface area contributed by atoms with E-state index < -0.39 is 0 Å². The first-order valence-corrected chi connectivity index (χ1v) is 7.50. The minimum atomic E-state index is -0.279. The molecule has 2 aromatic rings. The van der Waals surface area contributed by atoms with Gasteiger partial charge in [-0.1, -0.05) is 29.8 Å². The maximum absolute atomic E-state index is 14.2. The largest absolute Gasteiger partial charge is 0.309 e. The quantitative estimate of drug-likeness (QED) is 0.748. The molecule has 0 bridgehead atoms. The summed E-state index contributed by atoms with van der Waals surface area (Å²) in [7, 11) is 1.81. The van der Waals surface area contributed by atoms with Gasteiger partial charge in [0.05, 0.1) is 11.1 Å². The first kappa shape index (κ1) is 15.5. The Hall–Kier alpha value is -0.900. The molecule has 2 aromatic carbocycles. The number of rotatable bonds is 3. The van der Waals surface area contributed by atoms with Gasteiger partial charge in [0.25, 0.3) is 0 Å². The van der Waals surface area contributed by atoms with Crippen molar-refractivity contribution in [2.24, 2.45) is 0 Å². The Balaban J connectivity index is 2.52. The van der Waals surface area contributed by atoms with Gasteiger partial charge in [-0.15, -0.1) is 0 Å². The Bertz CT molecular complexity index is 643. The second kappa shape index (κ2) is 6.25. The number of aryl methyl sites for hydroxylation is 2. The van der Waals surface area contributed by atoms with E-state index in [1.165, 1.54) is 17.2 Å². The SMILES string of the molecule is CNC(c1ccc(C)c(C)c1)c1cc(Cl)c(Br)cc1F. The van der Waals surface area contributed by atoms with E-state index in [0.717, 1.165) is 5.56 Å². The van der Waals surface area contributed by atoms with Crippen molar-refractivity contribution in [1.82, 2.24) is 5.32 Å². The maximum atomic E-state index is 14.2. The van der Waals surface area contributed by atoms with E-state index in [4.69, 9.17) is 11.6 Å². The molecule has 0 aliphatic heterocycles. The molecule has 1 atom stereocenters. The van der Waals surface area contributed by atoms with E-state index in [1.54, 1.807) is 6.07 Å². The zero-order chi connectivity index (χ0) is 14.9. The average Bonchev–Trinajstić information content (AvgIpc) is 2.40. The predicted molar refractivity (Wildman–Crippen MR) is 85.9 cm³/mol. The maximum Gasteiger partial charge on any atom is 0.129 e. The van der Waals surface area contributed by atoms with Crippen molar-refractivity contribution >= 4 is 27.5 Å². The molecule has 1 unspecified atom stereocenters. The Labute approximate surface area is 132 Å². The fourth-order valence-electron chi connectivity index (χ4n) is 2.21. The highest BCUT2D eigenvalue weighted by atomic mass is 79.9. The molecule has 0 fully saturated rings. The van der Waals surface area contributed by atoms with Crippen molar-refractivity contribution < 1.29 is 4.39 Å². The van der Waals surface area contributed by atoms with Crippen LogP contribution in [0.1, 0.15) is 28.3 Å². The number of nitrogens with one attached hydrogen (secondary N) is 1. The van der Waals surface area contributed by atoms with E-state index in [-0.39, 0.29) is 11.9 Å². The van der Waals surface area contributed by atoms with Gasteiger partial charge in [-0.05, 0) is 65.6 Å². The number of benzene rings is 2. The predicted octanol–water partition coefficient (Wildman–Crippen LogP) is 5.17. The topological polar surface area (TPSA) is 12.0 Å². The van der Waals surface area contributed by atoms with Crippen LogP contribution in [0.25, 0.3) is 0 Å². The molecule has 0 heterocycles. The highest BCUT2D eigenvalue weighted by Gasteiger charge is 2.18. The lowest BCUT2D eigenvalue weighted by molar-refractivity contribution is 0.575. The molecule has 0 radical (unpaired) electrons. The molecule has 106 valence electrons. The van der Waals surface area contributed by atoms with Gasteiger partial charge >= 0.3 is 0 Å². The van der Waals surface area contributed by atoms with Gasteiger partial charge in [0.1, 0.15) is 5.82 Å². The van der Waals surface area contributed by atoms with Gasteiger partial charge in [0, 0.05) is 10.0 Å². The van der Waals surface area contributed by atoms with Crippen LogP contribution in [0.15, 0.2) is 34.8 Å². The summed E-state index contributed by atoms with van der Waals surface area (Å²) in [6.07, 6.45) is 0. The molecule has 1 N–H and O–H groups in total. The molecular weight excluding hydrogens is 341 g/mol. The van der Waals surface area contributed by atoms with Crippen molar-refractivity contribution in [2.75, 3.05) is 7.05 Å². The Morgan fingerprint density at radius 2 is 1.85 bits per heavy atom. The molecule has 4 heteroatoms. The summed E-state index contributed by atoms with van der Waals surface area (Å²) in [6.45, 7) is 4.11. The highest BCUT2D eigenvalue weighted by molar-refractivity contribution is 9.10. The minimum absolute atomic E-state index is 0.222. The van der Waals surface area contributed by atoms with E-state index in [1.807, 2.05) is 19.2 Å². The molecule has 0 amide bonds. The molecule has 2 rings (SSSR count). The molecule has 0 aliphatic rings. The fraction of sp³-hybridized carbons (Fsp3) is 0.250. The molecule has 0 spiro atoms. The lowest BCUT2D eigenvalue weighted by atomic mass is 9.95. The van der Waals surface area contributed by atoms with Gasteiger partial charge in [0.2, 0.25) is 0 Å². The summed E-state index contributed by atoms with van der Waals surface area (Å²) in [5.74, 6) is -0.279. The molecule has 20 heavy (non-hydrogen) atoms. The van der Waals surface area contributed by atoms with Gasteiger partial charge < -0.3 is 5.32 Å². The average molecular weight is 357 g/mol. The van der Waals surface area contributed by atoms with E-state index in [9.17, 15) is 4.39 Å². The van der Waals surface area contributed by atoms with Crippen LogP contribution in [0.2, 0.25) is 5.02 Å². The fourth-order valence-corrected chi connectivity index (χ4v) is 2.69. The summed E-state index contributed by atoms with van der Waals surface area (Å²) >= 11 is 9.33. The third-order valence-electron chi connectivity index (χ3n) is 3.50. The van der Waals surface area contributed by atoms with Crippen LogP contribution in [0.3, 0.4) is 0 Å². The second-order valence-electron chi connectivity index (χ2n) is 4.85. The minimum Gasteiger partial charge on any atom is -0.309 e.